The van der Waals surface area contributed by atoms with E-state index in [9.17, 15) is 14.7 Å². The summed E-state index contributed by atoms with van der Waals surface area (Å²) in [7, 11) is 0. The molecule has 4 aromatic carbocycles. The molecule has 2 N–H and O–H groups in total. The van der Waals surface area contributed by atoms with E-state index in [0.717, 1.165) is 31.2 Å². The third kappa shape index (κ3) is 7.16. The second-order valence-corrected chi connectivity index (χ2v) is 10.5. The predicted octanol–water partition coefficient (Wildman–Crippen LogP) is 7.14. The molecule has 1 saturated heterocycles. The third-order valence-electron chi connectivity index (χ3n) is 6.07. The van der Waals surface area contributed by atoms with Crippen molar-refractivity contribution in [2.75, 3.05) is 13.1 Å². The molecule has 1 heterocycles. The summed E-state index contributed by atoms with van der Waals surface area (Å²) in [5.74, 6) is -0.906. The van der Waals surface area contributed by atoms with E-state index < -0.39 is 5.97 Å². The van der Waals surface area contributed by atoms with Crippen LogP contribution in [0.4, 0.5) is 0 Å². The van der Waals surface area contributed by atoms with Crippen molar-refractivity contribution in [3.05, 3.63) is 117 Å². The van der Waals surface area contributed by atoms with E-state index in [4.69, 9.17) is 5.11 Å². The average molecular weight is 623 g/mol. The Kier molecular flexibility index (Phi) is 8.92. The van der Waals surface area contributed by atoms with Crippen LogP contribution in [0.25, 0.3) is 22.3 Å². The Labute approximate surface area is 232 Å². The van der Waals surface area contributed by atoms with Crippen molar-refractivity contribution in [2.24, 2.45) is 0 Å². The van der Waals surface area contributed by atoms with E-state index in [-0.39, 0.29) is 12.0 Å². The summed E-state index contributed by atoms with van der Waals surface area (Å²) in [5.41, 5.74) is 5.26. The van der Waals surface area contributed by atoms with E-state index in [1.807, 2.05) is 84.9 Å². The number of benzene rings is 4. The van der Waals surface area contributed by atoms with Crippen LogP contribution < -0.4 is 0 Å². The molecule has 0 aromatic heterocycles. The molecular weight excluding hydrogens is 598 g/mol. The van der Waals surface area contributed by atoms with Gasteiger partial charge in [-0.25, -0.2) is 4.79 Å². The lowest BCUT2D eigenvalue weighted by molar-refractivity contribution is 0.0696. The number of aromatic carboxylic acids is 1. The van der Waals surface area contributed by atoms with Gasteiger partial charge in [0.15, 0.2) is 0 Å². The number of hydrogen-bond donors (Lipinski definition) is 2. The van der Waals surface area contributed by atoms with Gasteiger partial charge in [-0.1, -0.05) is 80.4 Å². The molecule has 1 aliphatic heterocycles. The summed E-state index contributed by atoms with van der Waals surface area (Å²) in [6.07, 6.45) is 0.291. The van der Waals surface area contributed by atoms with Crippen molar-refractivity contribution in [3.8, 4) is 22.3 Å². The van der Waals surface area contributed by atoms with Crippen LogP contribution in [0.3, 0.4) is 0 Å². The molecular formula is C30H25Br2NO4. The van der Waals surface area contributed by atoms with Gasteiger partial charge in [-0.15, -0.1) is 0 Å². The Morgan fingerprint density at radius 2 is 1.03 bits per heavy atom. The summed E-state index contributed by atoms with van der Waals surface area (Å²) in [4.78, 5) is 24.7. The van der Waals surface area contributed by atoms with Crippen LogP contribution in [0.2, 0.25) is 0 Å². The second-order valence-electron chi connectivity index (χ2n) is 8.67. The van der Waals surface area contributed by atoms with E-state index >= 15 is 0 Å². The van der Waals surface area contributed by atoms with Gasteiger partial charge in [0.05, 0.1) is 11.7 Å². The predicted molar refractivity (Wildman–Crippen MR) is 153 cm³/mol. The highest BCUT2D eigenvalue weighted by atomic mass is 79.9. The Morgan fingerprint density at radius 3 is 1.38 bits per heavy atom. The first kappa shape index (κ1) is 26.8. The molecule has 0 spiro atoms. The van der Waals surface area contributed by atoms with Crippen LogP contribution in [0, 0.1) is 0 Å². The highest BCUT2D eigenvalue weighted by Gasteiger charge is 2.25. The number of aliphatic hydroxyl groups excluding tert-OH is 1. The zero-order valence-electron chi connectivity index (χ0n) is 19.9. The number of carboxylic acid groups (broad SMARTS) is 1. The van der Waals surface area contributed by atoms with E-state index in [2.05, 4.69) is 31.9 Å². The number of carbonyl (C=O) groups excluding carboxylic acids is 1. The Morgan fingerprint density at radius 1 is 0.649 bits per heavy atom. The minimum absolute atomic E-state index is 0.00564. The van der Waals surface area contributed by atoms with E-state index in [0.29, 0.717) is 30.6 Å². The molecule has 0 aliphatic carbocycles. The fourth-order valence-electron chi connectivity index (χ4n) is 4.00. The third-order valence-corrected chi connectivity index (χ3v) is 7.13. The molecule has 1 amide bonds. The minimum Gasteiger partial charge on any atom is -0.478 e. The molecule has 0 bridgehead atoms. The lowest BCUT2D eigenvalue weighted by Crippen LogP contribution is -2.29. The normalized spacial score (nSPS) is 14.6. The lowest BCUT2D eigenvalue weighted by atomic mass is 10.0. The number of amides is 1. The molecule has 0 radical (unpaired) electrons. The number of likely N-dealkylation sites (tertiary alicyclic amines) is 1. The number of aliphatic hydroxyl groups is 1. The number of β-amino-alcohol motifs (C(OH)–C–C–N with tert-alkyl or cyclic N) is 1. The smallest absolute Gasteiger partial charge is 0.335 e. The van der Waals surface area contributed by atoms with Gasteiger partial charge in [-0.2, -0.15) is 0 Å². The number of hydrogen-bond acceptors (Lipinski definition) is 3. The van der Waals surface area contributed by atoms with Crippen LogP contribution in [0.5, 0.6) is 0 Å². The molecule has 37 heavy (non-hydrogen) atoms. The maximum absolute atomic E-state index is 12.3. The quantitative estimate of drug-likeness (QED) is 0.254. The first-order chi connectivity index (χ1) is 17.8. The molecule has 4 aromatic rings. The molecule has 188 valence electrons. The van der Waals surface area contributed by atoms with Crippen molar-refractivity contribution in [1.82, 2.24) is 4.90 Å². The molecule has 1 aliphatic rings. The number of halogens is 2. The molecule has 1 unspecified atom stereocenters. The van der Waals surface area contributed by atoms with Gasteiger partial charge in [-0.05, 0) is 77.2 Å². The first-order valence-corrected chi connectivity index (χ1v) is 13.3. The number of carboxylic acids is 1. The Hall–Kier alpha value is -3.26. The van der Waals surface area contributed by atoms with Gasteiger partial charge in [0.25, 0.3) is 5.91 Å². The summed E-state index contributed by atoms with van der Waals surface area (Å²) < 4.78 is 2.07. The van der Waals surface area contributed by atoms with Crippen LogP contribution in [0.1, 0.15) is 27.1 Å². The van der Waals surface area contributed by atoms with Gasteiger partial charge in [0.2, 0.25) is 0 Å². The summed E-state index contributed by atoms with van der Waals surface area (Å²) >= 11 is 6.79. The Balaban J connectivity index is 0.000000180. The minimum atomic E-state index is -0.901. The van der Waals surface area contributed by atoms with Crippen molar-refractivity contribution < 1.29 is 19.8 Å². The van der Waals surface area contributed by atoms with Gasteiger partial charge in [-0.3, -0.25) is 4.79 Å². The maximum Gasteiger partial charge on any atom is 0.335 e. The van der Waals surface area contributed by atoms with Gasteiger partial charge >= 0.3 is 5.97 Å². The molecule has 1 atom stereocenters. The summed E-state index contributed by atoms with van der Waals surface area (Å²) in [6, 6.07) is 30.4. The van der Waals surface area contributed by atoms with Gasteiger partial charge in [0.1, 0.15) is 0 Å². The van der Waals surface area contributed by atoms with Crippen molar-refractivity contribution in [2.45, 2.75) is 12.5 Å². The highest BCUT2D eigenvalue weighted by molar-refractivity contribution is 9.10. The summed E-state index contributed by atoms with van der Waals surface area (Å²) in [6.45, 7) is 1.07. The van der Waals surface area contributed by atoms with Crippen molar-refractivity contribution >= 4 is 43.7 Å². The molecule has 5 nitrogen and oxygen atoms in total. The zero-order valence-corrected chi connectivity index (χ0v) is 23.0. The second kappa shape index (κ2) is 12.3. The molecule has 5 rings (SSSR count). The molecule has 1 fully saturated rings. The number of rotatable bonds is 4. The monoisotopic (exact) mass is 621 g/mol. The molecule has 0 saturated carbocycles. The van der Waals surface area contributed by atoms with Crippen molar-refractivity contribution in [3.63, 3.8) is 0 Å². The Bertz CT molecular complexity index is 1350. The largest absolute Gasteiger partial charge is 0.478 e. The van der Waals surface area contributed by atoms with Crippen LogP contribution >= 0.6 is 31.9 Å². The molecule has 7 heteroatoms. The highest BCUT2D eigenvalue weighted by Crippen LogP contribution is 2.24. The summed E-state index contributed by atoms with van der Waals surface area (Å²) in [5, 5.41) is 18.3. The topological polar surface area (TPSA) is 77.8 Å². The van der Waals surface area contributed by atoms with Crippen LogP contribution in [0.15, 0.2) is 106 Å². The SMILES string of the molecule is O=C(O)c1ccc(-c2ccc(Br)cc2)cc1.O=C(c1ccc(-c2ccc(Br)cc2)cc1)N1CCC(O)C1. The fraction of sp³-hybridized carbons (Fsp3) is 0.133. The number of nitrogens with zero attached hydrogens (tertiary/aromatic N) is 1. The lowest BCUT2D eigenvalue weighted by Gasteiger charge is -2.15. The maximum atomic E-state index is 12.3. The van der Waals surface area contributed by atoms with Crippen molar-refractivity contribution in [1.29, 1.82) is 0 Å². The van der Waals surface area contributed by atoms with Crippen LogP contribution in [-0.4, -0.2) is 46.2 Å². The zero-order chi connectivity index (χ0) is 26.4. The van der Waals surface area contributed by atoms with E-state index in [1.54, 1.807) is 17.0 Å². The standard InChI is InChI=1S/C17H16BrNO2.C13H9BrO2/c18-15-7-5-13(6-8-15)12-1-3-14(4-2-12)17(21)19-10-9-16(20)11-19;14-12-7-5-10(6-8-12)9-1-3-11(4-2-9)13(15)16/h1-8,16,20H,9-11H2;1-8H,(H,15,16). The van der Waals surface area contributed by atoms with E-state index in [1.165, 1.54) is 0 Å². The average Bonchev–Trinajstić information content (AvgIpc) is 3.36. The van der Waals surface area contributed by atoms with Crippen LogP contribution in [-0.2, 0) is 0 Å². The number of carbonyl (C=O) groups is 2. The van der Waals surface area contributed by atoms with Gasteiger partial charge in [0, 0.05) is 27.6 Å². The first-order valence-electron chi connectivity index (χ1n) is 11.7. The fourth-order valence-corrected chi connectivity index (χ4v) is 4.53. The van der Waals surface area contributed by atoms with Gasteiger partial charge < -0.3 is 15.1 Å².